The number of hydrogen-bond acceptors (Lipinski definition) is 4. The molecule has 1 rings (SSSR count). The van der Waals surface area contributed by atoms with Gasteiger partial charge in [0.15, 0.2) is 0 Å². The summed E-state index contributed by atoms with van der Waals surface area (Å²) >= 11 is 0. The van der Waals surface area contributed by atoms with Crippen molar-refractivity contribution in [3.8, 4) is 12.3 Å². The van der Waals surface area contributed by atoms with Crippen LogP contribution in [-0.2, 0) is 9.47 Å². The van der Waals surface area contributed by atoms with Gasteiger partial charge in [-0.05, 0) is 20.8 Å². The maximum absolute atomic E-state index is 11.8. The fourth-order valence-electron chi connectivity index (χ4n) is 1.88. The summed E-state index contributed by atoms with van der Waals surface area (Å²) in [5.74, 6) is 2.63. The molecule has 5 nitrogen and oxygen atoms in total. The van der Waals surface area contributed by atoms with Gasteiger partial charge in [-0.2, -0.15) is 0 Å². The molecule has 19 heavy (non-hydrogen) atoms. The minimum Gasteiger partial charge on any atom is -0.444 e. The van der Waals surface area contributed by atoms with Crippen molar-refractivity contribution in [3.63, 3.8) is 0 Å². The number of likely N-dealkylation sites (N-methyl/N-ethyl adjacent to an activating group) is 1. The van der Waals surface area contributed by atoms with Crippen LogP contribution in [0.1, 0.15) is 20.8 Å². The molecule has 0 radical (unpaired) electrons. The summed E-state index contributed by atoms with van der Waals surface area (Å²) in [4.78, 5) is 15.5. The number of hydrogen-bond donors (Lipinski definition) is 0. The Morgan fingerprint density at radius 1 is 1.58 bits per heavy atom. The zero-order valence-corrected chi connectivity index (χ0v) is 12.3. The number of morpholine rings is 1. The average Bonchev–Trinajstić information content (AvgIpc) is 2.27. The SMILES string of the molecule is C#CCN1CCO[C@H](CN(C)C(=O)OC(C)(C)C)C1. The van der Waals surface area contributed by atoms with E-state index in [2.05, 4.69) is 10.8 Å². The van der Waals surface area contributed by atoms with Crippen molar-refractivity contribution in [1.82, 2.24) is 9.80 Å². The molecular weight excluding hydrogens is 244 g/mol. The maximum Gasteiger partial charge on any atom is 0.410 e. The molecule has 1 amide bonds. The van der Waals surface area contributed by atoms with E-state index in [0.717, 1.165) is 13.1 Å². The second-order valence-corrected chi connectivity index (χ2v) is 5.79. The van der Waals surface area contributed by atoms with E-state index in [0.29, 0.717) is 19.7 Å². The third-order valence-corrected chi connectivity index (χ3v) is 2.72. The summed E-state index contributed by atoms with van der Waals surface area (Å²) in [6, 6.07) is 0. The van der Waals surface area contributed by atoms with Crippen molar-refractivity contribution in [3.05, 3.63) is 0 Å². The number of nitrogens with zero attached hydrogens (tertiary/aromatic N) is 2. The summed E-state index contributed by atoms with van der Waals surface area (Å²) in [5, 5.41) is 0. The molecule has 108 valence electrons. The highest BCUT2D eigenvalue weighted by Gasteiger charge is 2.25. The maximum atomic E-state index is 11.8. The fraction of sp³-hybridized carbons (Fsp3) is 0.786. The number of carbonyl (C=O) groups excluding carboxylic acids is 1. The highest BCUT2D eigenvalue weighted by atomic mass is 16.6. The summed E-state index contributed by atoms with van der Waals surface area (Å²) in [6.45, 7) is 8.92. The van der Waals surface area contributed by atoms with Crippen molar-refractivity contribution >= 4 is 6.09 Å². The van der Waals surface area contributed by atoms with Crippen molar-refractivity contribution in [2.75, 3.05) is 39.8 Å². The minimum absolute atomic E-state index is 0.0142. The van der Waals surface area contributed by atoms with E-state index in [4.69, 9.17) is 15.9 Å². The van der Waals surface area contributed by atoms with Crippen LogP contribution in [0.4, 0.5) is 4.79 Å². The van der Waals surface area contributed by atoms with E-state index in [-0.39, 0.29) is 12.2 Å². The predicted octanol–water partition coefficient (Wildman–Crippen LogP) is 1.19. The Balaban J connectivity index is 2.41. The van der Waals surface area contributed by atoms with Crippen LogP contribution in [0.25, 0.3) is 0 Å². The predicted molar refractivity (Wildman–Crippen MR) is 73.9 cm³/mol. The molecule has 1 aliphatic heterocycles. The fourth-order valence-corrected chi connectivity index (χ4v) is 1.88. The Morgan fingerprint density at radius 2 is 2.26 bits per heavy atom. The van der Waals surface area contributed by atoms with Crippen molar-refractivity contribution in [2.24, 2.45) is 0 Å². The highest BCUT2D eigenvalue weighted by molar-refractivity contribution is 5.67. The van der Waals surface area contributed by atoms with Crippen molar-refractivity contribution in [1.29, 1.82) is 0 Å². The molecular formula is C14H24N2O3. The quantitative estimate of drug-likeness (QED) is 0.721. The summed E-state index contributed by atoms with van der Waals surface area (Å²) in [5.41, 5.74) is -0.478. The van der Waals surface area contributed by atoms with Crippen LogP contribution in [0, 0.1) is 12.3 Å². The number of rotatable bonds is 3. The molecule has 5 heteroatoms. The van der Waals surface area contributed by atoms with Gasteiger partial charge in [0.2, 0.25) is 0 Å². The van der Waals surface area contributed by atoms with E-state index in [1.807, 2.05) is 20.8 Å². The molecule has 1 saturated heterocycles. The zero-order valence-electron chi connectivity index (χ0n) is 12.3. The Morgan fingerprint density at radius 3 is 2.84 bits per heavy atom. The number of amides is 1. The molecule has 0 saturated carbocycles. The van der Waals surface area contributed by atoms with Gasteiger partial charge in [-0.25, -0.2) is 4.79 Å². The zero-order chi connectivity index (χ0) is 14.5. The van der Waals surface area contributed by atoms with Crippen LogP contribution in [0.15, 0.2) is 0 Å². The number of ether oxygens (including phenoxy) is 2. The van der Waals surface area contributed by atoms with Gasteiger partial charge in [0.1, 0.15) is 5.60 Å². The van der Waals surface area contributed by atoms with Crippen LogP contribution in [0.3, 0.4) is 0 Å². The normalized spacial score (nSPS) is 20.7. The lowest BCUT2D eigenvalue weighted by Gasteiger charge is -2.34. The molecule has 1 heterocycles. The first kappa shape index (κ1) is 15.8. The lowest BCUT2D eigenvalue weighted by molar-refractivity contribution is -0.0409. The van der Waals surface area contributed by atoms with Crippen LogP contribution in [0.5, 0.6) is 0 Å². The molecule has 1 fully saturated rings. The first-order chi connectivity index (χ1) is 8.81. The second kappa shape index (κ2) is 6.78. The van der Waals surface area contributed by atoms with Gasteiger partial charge >= 0.3 is 6.09 Å². The summed E-state index contributed by atoms with van der Waals surface area (Å²) < 4.78 is 10.9. The van der Waals surface area contributed by atoms with E-state index in [1.54, 1.807) is 11.9 Å². The van der Waals surface area contributed by atoms with E-state index in [9.17, 15) is 4.79 Å². The average molecular weight is 268 g/mol. The van der Waals surface area contributed by atoms with Crippen LogP contribution in [0.2, 0.25) is 0 Å². The first-order valence-corrected chi connectivity index (χ1v) is 6.53. The van der Waals surface area contributed by atoms with Crippen LogP contribution >= 0.6 is 0 Å². The van der Waals surface area contributed by atoms with Crippen molar-refractivity contribution in [2.45, 2.75) is 32.5 Å². The molecule has 0 aromatic heterocycles. The smallest absolute Gasteiger partial charge is 0.410 e. The molecule has 0 aromatic carbocycles. The van der Waals surface area contributed by atoms with Crippen LogP contribution < -0.4 is 0 Å². The van der Waals surface area contributed by atoms with E-state index >= 15 is 0 Å². The van der Waals surface area contributed by atoms with Gasteiger partial charge in [-0.1, -0.05) is 5.92 Å². The third kappa shape index (κ3) is 5.95. The largest absolute Gasteiger partial charge is 0.444 e. The second-order valence-electron chi connectivity index (χ2n) is 5.79. The molecule has 0 N–H and O–H groups in total. The van der Waals surface area contributed by atoms with Gasteiger partial charge in [0.05, 0.1) is 25.8 Å². The number of carbonyl (C=O) groups is 1. The Labute approximate surface area is 115 Å². The Hall–Kier alpha value is -1.25. The summed E-state index contributed by atoms with van der Waals surface area (Å²) in [7, 11) is 1.72. The molecule has 0 unspecified atom stereocenters. The van der Waals surface area contributed by atoms with Gasteiger partial charge < -0.3 is 14.4 Å². The first-order valence-electron chi connectivity index (χ1n) is 6.53. The Bertz CT molecular complexity index is 344. The topological polar surface area (TPSA) is 42.0 Å². The lowest BCUT2D eigenvalue weighted by atomic mass is 10.2. The van der Waals surface area contributed by atoms with Gasteiger partial charge in [-0.15, -0.1) is 6.42 Å². The van der Waals surface area contributed by atoms with Gasteiger partial charge in [-0.3, -0.25) is 4.90 Å². The molecule has 0 bridgehead atoms. The molecule has 0 spiro atoms. The van der Waals surface area contributed by atoms with Gasteiger partial charge in [0, 0.05) is 20.1 Å². The molecule has 1 aliphatic rings. The summed E-state index contributed by atoms with van der Waals surface area (Å²) in [6.07, 6.45) is 4.96. The van der Waals surface area contributed by atoms with E-state index < -0.39 is 5.60 Å². The molecule has 1 atom stereocenters. The molecule has 0 aromatic rings. The van der Waals surface area contributed by atoms with Crippen LogP contribution in [-0.4, -0.2) is 67.4 Å². The minimum atomic E-state index is -0.478. The lowest BCUT2D eigenvalue weighted by Crippen LogP contribution is -2.48. The van der Waals surface area contributed by atoms with Crippen molar-refractivity contribution < 1.29 is 14.3 Å². The highest BCUT2D eigenvalue weighted by Crippen LogP contribution is 2.11. The van der Waals surface area contributed by atoms with Gasteiger partial charge in [0.25, 0.3) is 0 Å². The standard InChI is InChI=1S/C14H24N2O3/c1-6-7-16-8-9-18-12(11-16)10-15(5)13(17)19-14(2,3)4/h1,12H,7-11H2,2-5H3/t12-/m1/s1. The monoisotopic (exact) mass is 268 g/mol. The molecule has 0 aliphatic carbocycles. The number of terminal acetylenes is 1. The third-order valence-electron chi connectivity index (χ3n) is 2.72. The van der Waals surface area contributed by atoms with E-state index in [1.165, 1.54) is 0 Å². The Kier molecular flexibility index (Phi) is 5.64.